The normalized spacial score (nSPS) is 12.4. The lowest BCUT2D eigenvalue weighted by molar-refractivity contribution is 0.302. The molecule has 1 unspecified atom stereocenters. The lowest BCUT2D eigenvalue weighted by Gasteiger charge is -2.10. The fourth-order valence-electron chi connectivity index (χ4n) is 2.07. The number of hydrogen-bond acceptors (Lipinski definition) is 3. The minimum absolute atomic E-state index is 0.0195. The number of halogens is 1. The summed E-state index contributed by atoms with van der Waals surface area (Å²) in [6, 6.07) is 6.95. The molecule has 0 amide bonds. The molecule has 0 aliphatic heterocycles. The first-order valence-corrected chi connectivity index (χ1v) is 6.70. The molecule has 108 valence electrons. The van der Waals surface area contributed by atoms with Gasteiger partial charge in [-0.25, -0.2) is 4.39 Å². The van der Waals surface area contributed by atoms with Crippen molar-refractivity contribution in [2.45, 2.75) is 25.8 Å². The Kier molecular flexibility index (Phi) is 4.74. The Morgan fingerprint density at radius 3 is 2.80 bits per heavy atom. The van der Waals surface area contributed by atoms with Crippen LogP contribution in [0.2, 0.25) is 0 Å². The van der Waals surface area contributed by atoms with E-state index in [1.165, 1.54) is 6.07 Å². The lowest BCUT2D eigenvalue weighted by Crippen LogP contribution is -2.17. The molecular formula is C15H20FN3O. The smallest absolute Gasteiger partial charge is 0.165 e. The number of aryl methyl sites for hydroxylation is 1. The van der Waals surface area contributed by atoms with Gasteiger partial charge in [0.1, 0.15) is 0 Å². The van der Waals surface area contributed by atoms with E-state index in [1.807, 2.05) is 26.1 Å². The molecule has 5 heteroatoms. The third-order valence-corrected chi connectivity index (χ3v) is 3.09. The van der Waals surface area contributed by atoms with E-state index >= 15 is 0 Å². The van der Waals surface area contributed by atoms with Gasteiger partial charge in [0.2, 0.25) is 0 Å². The second-order valence-electron chi connectivity index (χ2n) is 4.99. The van der Waals surface area contributed by atoms with Crippen molar-refractivity contribution in [3.05, 3.63) is 47.5 Å². The Bertz CT molecular complexity index is 566. The van der Waals surface area contributed by atoms with Crippen molar-refractivity contribution in [3.63, 3.8) is 0 Å². The first kappa shape index (κ1) is 14.5. The summed E-state index contributed by atoms with van der Waals surface area (Å²) in [5.41, 5.74) is 7.64. The highest BCUT2D eigenvalue weighted by atomic mass is 19.1. The monoisotopic (exact) mass is 277 g/mol. The average molecular weight is 277 g/mol. The number of hydrogen-bond donors (Lipinski definition) is 1. The number of nitrogens with two attached hydrogens (primary N) is 1. The maximum atomic E-state index is 13.9. The highest BCUT2D eigenvalue weighted by Gasteiger charge is 2.07. The SMILES string of the molecule is CC(N)Cc1ccc(OCCc2ccnn2C)c(F)c1. The van der Waals surface area contributed by atoms with Gasteiger partial charge in [0.25, 0.3) is 0 Å². The topological polar surface area (TPSA) is 53.1 Å². The molecule has 4 nitrogen and oxygen atoms in total. The molecule has 0 aliphatic rings. The lowest BCUT2D eigenvalue weighted by atomic mass is 10.1. The maximum absolute atomic E-state index is 13.9. The molecule has 1 atom stereocenters. The summed E-state index contributed by atoms with van der Waals surface area (Å²) in [6.45, 7) is 2.32. The van der Waals surface area contributed by atoms with Gasteiger partial charge in [-0.1, -0.05) is 6.07 Å². The van der Waals surface area contributed by atoms with Crippen molar-refractivity contribution in [2.75, 3.05) is 6.61 Å². The molecule has 0 fully saturated rings. The molecule has 0 radical (unpaired) electrons. The van der Waals surface area contributed by atoms with Crippen LogP contribution >= 0.6 is 0 Å². The van der Waals surface area contributed by atoms with Gasteiger partial charge < -0.3 is 10.5 Å². The van der Waals surface area contributed by atoms with Crippen molar-refractivity contribution in [2.24, 2.45) is 12.8 Å². The van der Waals surface area contributed by atoms with Crippen LogP contribution in [0.25, 0.3) is 0 Å². The van der Waals surface area contributed by atoms with Crippen molar-refractivity contribution in [1.82, 2.24) is 9.78 Å². The van der Waals surface area contributed by atoms with E-state index in [1.54, 1.807) is 16.9 Å². The van der Waals surface area contributed by atoms with E-state index in [9.17, 15) is 4.39 Å². The van der Waals surface area contributed by atoms with E-state index < -0.39 is 0 Å². The van der Waals surface area contributed by atoms with Crippen LogP contribution in [-0.2, 0) is 19.9 Å². The predicted octanol–water partition coefficient (Wildman–Crippen LogP) is 2.07. The predicted molar refractivity (Wildman–Crippen MR) is 76.2 cm³/mol. The third kappa shape index (κ3) is 3.81. The van der Waals surface area contributed by atoms with Crippen LogP contribution in [0.5, 0.6) is 5.75 Å². The zero-order chi connectivity index (χ0) is 14.5. The van der Waals surface area contributed by atoms with Gasteiger partial charge in [-0.2, -0.15) is 5.10 Å². The van der Waals surface area contributed by atoms with Crippen LogP contribution in [-0.4, -0.2) is 22.4 Å². The summed E-state index contributed by atoms with van der Waals surface area (Å²) >= 11 is 0. The highest BCUT2D eigenvalue weighted by Crippen LogP contribution is 2.19. The zero-order valence-corrected chi connectivity index (χ0v) is 11.8. The summed E-state index contributed by atoms with van der Waals surface area (Å²) in [6.07, 6.45) is 3.09. The quantitative estimate of drug-likeness (QED) is 0.879. The van der Waals surface area contributed by atoms with Gasteiger partial charge in [0, 0.05) is 31.4 Å². The van der Waals surface area contributed by atoms with Crippen molar-refractivity contribution >= 4 is 0 Å². The van der Waals surface area contributed by atoms with Gasteiger partial charge in [-0.05, 0) is 37.1 Å². The standard InChI is InChI=1S/C15H20FN3O/c1-11(17)9-12-3-4-15(14(16)10-12)20-8-6-13-5-7-18-19(13)2/h3-5,7,10-11H,6,8-9,17H2,1-2H3. The van der Waals surface area contributed by atoms with Gasteiger partial charge in [-0.15, -0.1) is 0 Å². The number of nitrogens with zero attached hydrogens (tertiary/aromatic N) is 2. The third-order valence-electron chi connectivity index (χ3n) is 3.09. The summed E-state index contributed by atoms with van der Waals surface area (Å²) < 4.78 is 21.1. The fourth-order valence-corrected chi connectivity index (χ4v) is 2.07. The number of ether oxygens (including phenoxy) is 1. The average Bonchev–Trinajstić information content (AvgIpc) is 2.77. The minimum Gasteiger partial charge on any atom is -0.490 e. The molecule has 2 rings (SSSR count). The molecule has 0 saturated carbocycles. The second kappa shape index (κ2) is 6.52. The zero-order valence-electron chi connectivity index (χ0n) is 11.8. The molecule has 2 aromatic rings. The fraction of sp³-hybridized carbons (Fsp3) is 0.400. The first-order chi connectivity index (χ1) is 9.56. The summed E-state index contributed by atoms with van der Waals surface area (Å²) in [5.74, 6) is -0.0613. The Morgan fingerprint density at radius 1 is 1.40 bits per heavy atom. The molecular weight excluding hydrogens is 257 g/mol. The summed E-state index contributed by atoms with van der Waals surface area (Å²) in [7, 11) is 1.87. The molecule has 1 heterocycles. The van der Waals surface area contributed by atoms with Crippen LogP contribution in [0, 0.1) is 5.82 Å². The molecule has 20 heavy (non-hydrogen) atoms. The van der Waals surface area contributed by atoms with E-state index in [0.717, 1.165) is 11.3 Å². The minimum atomic E-state index is -0.340. The largest absolute Gasteiger partial charge is 0.490 e. The molecule has 1 aromatic carbocycles. The molecule has 1 aromatic heterocycles. The highest BCUT2D eigenvalue weighted by molar-refractivity contribution is 5.29. The van der Waals surface area contributed by atoms with Crippen LogP contribution in [0.15, 0.2) is 30.5 Å². The molecule has 0 saturated heterocycles. The van der Waals surface area contributed by atoms with E-state index in [-0.39, 0.29) is 17.6 Å². The van der Waals surface area contributed by atoms with Crippen molar-refractivity contribution in [1.29, 1.82) is 0 Å². The maximum Gasteiger partial charge on any atom is 0.165 e. The van der Waals surface area contributed by atoms with Crippen LogP contribution < -0.4 is 10.5 Å². The van der Waals surface area contributed by atoms with Gasteiger partial charge in [0.15, 0.2) is 11.6 Å². The van der Waals surface area contributed by atoms with Crippen LogP contribution in [0.4, 0.5) is 4.39 Å². The summed E-state index contributed by atoms with van der Waals surface area (Å²) in [4.78, 5) is 0. The van der Waals surface area contributed by atoms with Gasteiger partial charge >= 0.3 is 0 Å². The molecule has 2 N–H and O–H groups in total. The van der Waals surface area contributed by atoms with Gasteiger partial charge in [0.05, 0.1) is 6.61 Å². The van der Waals surface area contributed by atoms with Crippen LogP contribution in [0.3, 0.4) is 0 Å². The molecule has 0 aliphatic carbocycles. The van der Waals surface area contributed by atoms with E-state index in [2.05, 4.69) is 5.10 Å². The number of rotatable bonds is 6. The molecule has 0 bridgehead atoms. The first-order valence-electron chi connectivity index (χ1n) is 6.70. The van der Waals surface area contributed by atoms with E-state index in [0.29, 0.717) is 19.4 Å². The van der Waals surface area contributed by atoms with Crippen molar-refractivity contribution in [3.8, 4) is 5.75 Å². The van der Waals surface area contributed by atoms with Crippen molar-refractivity contribution < 1.29 is 9.13 Å². The van der Waals surface area contributed by atoms with E-state index in [4.69, 9.17) is 10.5 Å². The Hall–Kier alpha value is -1.88. The Morgan fingerprint density at radius 2 is 2.20 bits per heavy atom. The number of aromatic nitrogens is 2. The second-order valence-corrected chi connectivity index (χ2v) is 4.99. The van der Waals surface area contributed by atoms with Crippen LogP contribution in [0.1, 0.15) is 18.2 Å². The Balaban J connectivity index is 1.91. The van der Waals surface area contributed by atoms with Gasteiger partial charge in [-0.3, -0.25) is 4.68 Å². The summed E-state index contributed by atoms with van der Waals surface area (Å²) in [5, 5.41) is 4.07. The Labute approximate surface area is 118 Å². The number of benzene rings is 1. The molecule has 0 spiro atoms.